The highest BCUT2D eigenvalue weighted by molar-refractivity contribution is 5.65. The number of benzene rings is 2. The van der Waals surface area contributed by atoms with Gasteiger partial charge in [-0.3, -0.25) is 9.88 Å². The first-order chi connectivity index (χ1) is 12.7. The van der Waals surface area contributed by atoms with E-state index in [1.807, 2.05) is 42.7 Å². The molecule has 0 fully saturated rings. The van der Waals surface area contributed by atoms with E-state index >= 15 is 0 Å². The number of hydrogen-bond acceptors (Lipinski definition) is 3. The van der Waals surface area contributed by atoms with E-state index in [1.54, 1.807) is 12.1 Å². The number of aromatic nitrogens is 1. The van der Waals surface area contributed by atoms with Crippen LogP contribution in [0.4, 0.5) is 4.39 Å². The summed E-state index contributed by atoms with van der Waals surface area (Å²) in [5, 5.41) is 0. The second-order valence-corrected chi connectivity index (χ2v) is 6.75. The van der Waals surface area contributed by atoms with Crippen molar-refractivity contribution in [3.63, 3.8) is 0 Å². The molecule has 0 spiro atoms. The summed E-state index contributed by atoms with van der Waals surface area (Å²) in [5.41, 5.74) is 4.25. The third kappa shape index (κ3) is 3.60. The van der Waals surface area contributed by atoms with Gasteiger partial charge in [0.05, 0.1) is 0 Å². The molecule has 4 rings (SSSR count). The molecule has 3 nitrogen and oxygen atoms in total. The van der Waals surface area contributed by atoms with Crippen LogP contribution in [0, 0.1) is 5.82 Å². The maximum absolute atomic E-state index is 13.6. The molecule has 2 aromatic carbocycles. The number of nitrogens with zero attached hydrogens (tertiary/aromatic N) is 2. The lowest BCUT2D eigenvalue weighted by molar-refractivity contribution is 0.151. The van der Waals surface area contributed by atoms with Gasteiger partial charge in [0, 0.05) is 37.1 Å². The summed E-state index contributed by atoms with van der Waals surface area (Å²) in [6.07, 6.45) is 3.65. The predicted octanol–water partition coefficient (Wildman–Crippen LogP) is 4.67. The molecule has 0 unspecified atom stereocenters. The zero-order valence-electron chi connectivity index (χ0n) is 14.7. The molecule has 0 radical (unpaired) electrons. The van der Waals surface area contributed by atoms with Crippen LogP contribution in [0.1, 0.15) is 18.1 Å². The SMILES string of the molecule is C[C@H]1COc2ccc(-c3cccc(F)c3)cc2CN1Cc1ccncc1. The lowest BCUT2D eigenvalue weighted by atomic mass is 10.0. The largest absolute Gasteiger partial charge is 0.492 e. The Hall–Kier alpha value is -2.72. The summed E-state index contributed by atoms with van der Waals surface area (Å²) in [6.45, 7) is 4.47. The molecule has 132 valence electrons. The molecule has 26 heavy (non-hydrogen) atoms. The highest BCUT2D eigenvalue weighted by Gasteiger charge is 2.22. The summed E-state index contributed by atoms with van der Waals surface area (Å²) < 4.78 is 19.6. The van der Waals surface area contributed by atoms with Crippen molar-refractivity contribution in [2.24, 2.45) is 0 Å². The zero-order chi connectivity index (χ0) is 17.9. The minimum absolute atomic E-state index is 0.221. The van der Waals surface area contributed by atoms with Gasteiger partial charge in [-0.15, -0.1) is 0 Å². The molecule has 1 aliphatic heterocycles. The maximum Gasteiger partial charge on any atom is 0.123 e. The number of hydrogen-bond donors (Lipinski definition) is 0. The normalized spacial score (nSPS) is 17.2. The first kappa shape index (κ1) is 16.7. The molecule has 0 bridgehead atoms. The van der Waals surface area contributed by atoms with Gasteiger partial charge in [-0.25, -0.2) is 4.39 Å². The fourth-order valence-electron chi connectivity index (χ4n) is 3.32. The van der Waals surface area contributed by atoms with Crippen molar-refractivity contribution in [3.8, 4) is 16.9 Å². The van der Waals surface area contributed by atoms with Crippen molar-refractivity contribution in [1.29, 1.82) is 0 Å². The zero-order valence-corrected chi connectivity index (χ0v) is 14.7. The van der Waals surface area contributed by atoms with Crippen LogP contribution < -0.4 is 4.74 Å². The second kappa shape index (κ2) is 7.26. The van der Waals surface area contributed by atoms with Gasteiger partial charge in [0.15, 0.2) is 0 Å². The minimum Gasteiger partial charge on any atom is -0.492 e. The topological polar surface area (TPSA) is 25.4 Å². The van der Waals surface area contributed by atoms with E-state index in [0.717, 1.165) is 35.5 Å². The van der Waals surface area contributed by atoms with Gasteiger partial charge in [0.25, 0.3) is 0 Å². The van der Waals surface area contributed by atoms with Crippen molar-refractivity contribution < 1.29 is 9.13 Å². The van der Waals surface area contributed by atoms with Gasteiger partial charge in [-0.1, -0.05) is 18.2 Å². The van der Waals surface area contributed by atoms with Crippen LogP contribution in [0.25, 0.3) is 11.1 Å². The predicted molar refractivity (Wildman–Crippen MR) is 100 cm³/mol. The molecule has 3 aromatic rings. The van der Waals surface area contributed by atoms with E-state index in [4.69, 9.17) is 4.74 Å². The molecule has 0 N–H and O–H groups in total. The Morgan fingerprint density at radius 3 is 2.69 bits per heavy atom. The molecule has 0 saturated heterocycles. The minimum atomic E-state index is -0.221. The van der Waals surface area contributed by atoms with Crippen LogP contribution in [0.5, 0.6) is 5.75 Å². The van der Waals surface area contributed by atoms with E-state index in [-0.39, 0.29) is 5.82 Å². The Kier molecular flexibility index (Phi) is 4.67. The third-order valence-electron chi connectivity index (χ3n) is 4.83. The van der Waals surface area contributed by atoms with Gasteiger partial charge in [-0.05, 0) is 60.0 Å². The number of rotatable bonds is 3. The van der Waals surface area contributed by atoms with Crippen LogP contribution in [-0.4, -0.2) is 22.5 Å². The Labute approximate surface area is 153 Å². The van der Waals surface area contributed by atoms with Gasteiger partial charge in [0.1, 0.15) is 18.2 Å². The lowest BCUT2D eigenvalue weighted by Crippen LogP contribution is -2.34. The number of fused-ring (bicyclic) bond motifs is 1. The van der Waals surface area contributed by atoms with Crippen LogP contribution in [0.2, 0.25) is 0 Å². The Balaban J connectivity index is 1.63. The Morgan fingerprint density at radius 2 is 1.88 bits per heavy atom. The smallest absolute Gasteiger partial charge is 0.123 e. The summed E-state index contributed by atoms with van der Waals surface area (Å²) in [6, 6.07) is 17.2. The fraction of sp³-hybridized carbons (Fsp3) is 0.227. The average molecular weight is 348 g/mol. The number of ether oxygens (including phenoxy) is 1. The third-order valence-corrected chi connectivity index (χ3v) is 4.83. The monoisotopic (exact) mass is 348 g/mol. The van der Waals surface area contributed by atoms with Crippen molar-refractivity contribution >= 4 is 0 Å². The van der Waals surface area contributed by atoms with Crippen LogP contribution in [0.3, 0.4) is 0 Å². The number of halogens is 1. The molecular weight excluding hydrogens is 327 g/mol. The van der Waals surface area contributed by atoms with E-state index in [9.17, 15) is 4.39 Å². The maximum atomic E-state index is 13.6. The van der Waals surface area contributed by atoms with Crippen LogP contribution >= 0.6 is 0 Å². The summed E-state index contributed by atoms with van der Waals surface area (Å²) >= 11 is 0. The van der Waals surface area contributed by atoms with Gasteiger partial charge >= 0.3 is 0 Å². The van der Waals surface area contributed by atoms with Crippen molar-refractivity contribution in [2.75, 3.05) is 6.61 Å². The van der Waals surface area contributed by atoms with E-state index in [1.165, 1.54) is 11.6 Å². The highest BCUT2D eigenvalue weighted by Crippen LogP contribution is 2.31. The average Bonchev–Trinajstić information content (AvgIpc) is 2.81. The van der Waals surface area contributed by atoms with Crippen molar-refractivity contribution in [3.05, 3.63) is 83.9 Å². The standard InChI is InChI=1S/C22H21FN2O/c1-16-15-26-22-6-5-19(18-3-2-4-21(23)12-18)11-20(22)14-25(16)13-17-7-9-24-10-8-17/h2-12,16H,13-15H2,1H3/t16-/m0/s1. The molecule has 0 saturated carbocycles. The molecule has 2 heterocycles. The second-order valence-electron chi connectivity index (χ2n) is 6.75. The molecule has 1 aliphatic rings. The summed E-state index contributed by atoms with van der Waals surface area (Å²) in [4.78, 5) is 6.49. The molecular formula is C22H21FN2O. The Bertz CT molecular complexity index is 898. The quantitative estimate of drug-likeness (QED) is 0.688. The summed E-state index contributed by atoms with van der Waals surface area (Å²) in [5.74, 6) is 0.691. The van der Waals surface area contributed by atoms with E-state index < -0.39 is 0 Å². The Morgan fingerprint density at radius 1 is 1.08 bits per heavy atom. The lowest BCUT2D eigenvalue weighted by Gasteiger charge is -2.26. The van der Waals surface area contributed by atoms with Gasteiger partial charge in [-0.2, -0.15) is 0 Å². The van der Waals surface area contributed by atoms with Crippen molar-refractivity contribution in [2.45, 2.75) is 26.1 Å². The molecule has 0 aliphatic carbocycles. The molecule has 1 aromatic heterocycles. The van der Waals surface area contributed by atoms with Gasteiger partial charge in [0.2, 0.25) is 0 Å². The van der Waals surface area contributed by atoms with Crippen LogP contribution in [-0.2, 0) is 13.1 Å². The van der Waals surface area contributed by atoms with E-state index in [2.05, 4.69) is 22.9 Å². The fourth-order valence-corrected chi connectivity index (χ4v) is 3.32. The first-order valence-electron chi connectivity index (χ1n) is 8.83. The van der Waals surface area contributed by atoms with Crippen LogP contribution in [0.15, 0.2) is 67.0 Å². The van der Waals surface area contributed by atoms with Crippen molar-refractivity contribution in [1.82, 2.24) is 9.88 Å². The van der Waals surface area contributed by atoms with E-state index in [0.29, 0.717) is 12.6 Å². The summed E-state index contributed by atoms with van der Waals surface area (Å²) in [7, 11) is 0. The highest BCUT2D eigenvalue weighted by atomic mass is 19.1. The number of pyridine rings is 1. The first-order valence-corrected chi connectivity index (χ1v) is 8.83. The molecule has 4 heteroatoms. The molecule has 0 amide bonds. The molecule has 1 atom stereocenters. The van der Waals surface area contributed by atoms with Gasteiger partial charge < -0.3 is 4.74 Å².